The van der Waals surface area contributed by atoms with Crippen molar-refractivity contribution < 1.29 is 14.3 Å². The Kier molecular flexibility index (Phi) is 4.91. The summed E-state index contributed by atoms with van der Waals surface area (Å²) in [7, 11) is 0. The quantitative estimate of drug-likeness (QED) is 0.390. The fraction of sp³-hybridized carbons (Fsp3) is 0.179. The topological polar surface area (TPSA) is 80.2 Å². The number of nitrogens with zero attached hydrogens (tertiary/aromatic N) is 3. The van der Waals surface area contributed by atoms with Crippen LogP contribution in [0.5, 0.6) is 5.75 Å². The number of fused-ring (bicyclic) bond motifs is 3. The Morgan fingerprint density at radius 3 is 2.66 bits per heavy atom. The van der Waals surface area contributed by atoms with Gasteiger partial charge in [0.2, 0.25) is 5.91 Å². The summed E-state index contributed by atoms with van der Waals surface area (Å²) in [5.74, 6) is 1.28. The Balaban J connectivity index is 1.36. The molecule has 0 spiro atoms. The lowest BCUT2D eigenvalue weighted by atomic mass is 10.0. The average molecular weight is 465 g/mol. The van der Waals surface area contributed by atoms with Gasteiger partial charge in [-0.25, -0.2) is 4.98 Å². The van der Waals surface area contributed by atoms with Crippen molar-refractivity contribution in [1.82, 2.24) is 19.4 Å². The fourth-order valence-corrected chi connectivity index (χ4v) is 4.88. The highest BCUT2D eigenvalue weighted by Crippen LogP contribution is 2.31. The van der Waals surface area contributed by atoms with Crippen LogP contribution in [0.25, 0.3) is 33.1 Å². The minimum absolute atomic E-state index is 0.187. The molecule has 0 saturated carbocycles. The molecule has 3 aromatic carbocycles. The first-order valence-electron chi connectivity index (χ1n) is 11.6. The van der Waals surface area contributed by atoms with Gasteiger partial charge in [-0.15, -0.1) is 0 Å². The molecule has 0 aliphatic carbocycles. The van der Waals surface area contributed by atoms with Gasteiger partial charge >= 0.3 is 0 Å². The van der Waals surface area contributed by atoms with E-state index in [2.05, 4.69) is 28.2 Å². The van der Waals surface area contributed by atoms with Crippen molar-refractivity contribution in [2.24, 2.45) is 0 Å². The van der Waals surface area contributed by atoms with Gasteiger partial charge in [0.05, 0.1) is 23.1 Å². The fourth-order valence-electron chi connectivity index (χ4n) is 4.88. The van der Waals surface area contributed by atoms with Gasteiger partial charge in [-0.05, 0) is 54.4 Å². The van der Waals surface area contributed by atoms with Crippen LogP contribution in [-0.4, -0.2) is 44.4 Å². The van der Waals surface area contributed by atoms with E-state index in [0.717, 1.165) is 50.2 Å². The zero-order valence-corrected chi connectivity index (χ0v) is 19.5. The van der Waals surface area contributed by atoms with Gasteiger partial charge in [0.25, 0.3) is 5.91 Å². The highest BCUT2D eigenvalue weighted by molar-refractivity contribution is 6.04. The van der Waals surface area contributed by atoms with Gasteiger partial charge in [0.1, 0.15) is 23.9 Å². The first-order valence-corrected chi connectivity index (χ1v) is 11.6. The highest BCUT2D eigenvalue weighted by Gasteiger charge is 2.26. The van der Waals surface area contributed by atoms with Crippen LogP contribution in [0.3, 0.4) is 0 Å². The van der Waals surface area contributed by atoms with E-state index in [-0.39, 0.29) is 11.8 Å². The maximum Gasteiger partial charge on any atom is 0.271 e. The molecule has 3 heterocycles. The van der Waals surface area contributed by atoms with E-state index < -0.39 is 0 Å². The van der Waals surface area contributed by atoms with E-state index in [1.54, 1.807) is 11.0 Å². The molecule has 0 bridgehead atoms. The summed E-state index contributed by atoms with van der Waals surface area (Å²) >= 11 is 0. The van der Waals surface area contributed by atoms with Crippen molar-refractivity contribution in [2.75, 3.05) is 13.2 Å². The van der Waals surface area contributed by atoms with Gasteiger partial charge < -0.3 is 14.6 Å². The third-order valence-corrected chi connectivity index (χ3v) is 6.51. The molecular formula is C28H24N4O3. The third kappa shape index (κ3) is 3.65. The number of carbonyl (C=O) groups excluding carboxylic acids is 2. The average Bonchev–Trinajstić information content (AvgIpc) is 3.35. The predicted octanol–water partition coefficient (Wildman–Crippen LogP) is 5.19. The van der Waals surface area contributed by atoms with Crippen LogP contribution < -0.4 is 4.74 Å². The first-order chi connectivity index (χ1) is 17.0. The number of H-pyrrole nitrogens is 1. The number of amides is 1. The van der Waals surface area contributed by atoms with Gasteiger partial charge in [-0.3, -0.25) is 14.2 Å². The summed E-state index contributed by atoms with van der Waals surface area (Å²) in [4.78, 5) is 35.6. The van der Waals surface area contributed by atoms with Crippen LogP contribution in [0.2, 0.25) is 0 Å². The van der Waals surface area contributed by atoms with Crippen LogP contribution in [0.4, 0.5) is 0 Å². The van der Waals surface area contributed by atoms with E-state index in [0.29, 0.717) is 25.4 Å². The smallest absolute Gasteiger partial charge is 0.271 e. The number of aromatic amines is 1. The Bertz CT molecular complexity index is 1630. The van der Waals surface area contributed by atoms with E-state index in [4.69, 9.17) is 4.74 Å². The van der Waals surface area contributed by atoms with E-state index >= 15 is 0 Å². The lowest BCUT2D eigenvalue weighted by Crippen LogP contribution is -2.34. The maximum atomic E-state index is 13.6. The number of carbonyl (C=O) groups is 2. The van der Waals surface area contributed by atoms with Crippen molar-refractivity contribution in [3.05, 3.63) is 83.8 Å². The summed E-state index contributed by atoms with van der Waals surface area (Å²) in [5, 5.41) is 0.865. The maximum absolute atomic E-state index is 13.6. The zero-order chi connectivity index (χ0) is 24.1. The summed E-state index contributed by atoms with van der Waals surface area (Å²) in [6.45, 7) is 4.64. The highest BCUT2D eigenvalue weighted by atomic mass is 16.5. The molecule has 1 aliphatic heterocycles. The molecule has 0 unspecified atom stereocenters. The van der Waals surface area contributed by atoms with Crippen molar-refractivity contribution in [1.29, 1.82) is 0 Å². The van der Waals surface area contributed by atoms with Gasteiger partial charge in [0.15, 0.2) is 0 Å². The number of ether oxygens (including phenoxy) is 1. The third-order valence-electron chi connectivity index (χ3n) is 6.51. The van der Waals surface area contributed by atoms with Crippen molar-refractivity contribution in [3.63, 3.8) is 0 Å². The number of imidazole rings is 1. The lowest BCUT2D eigenvalue weighted by molar-refractivity contribution is 0.0712. The Morgan fingerprint density at radius 2 is 1.80 bits per heavy atom. The zero-order valence-electron chi connectivity index (χ0n) is 19.5. The largest absolute Gasteiger partial charge is 0.491 e. The van der Waals surface area contributed by atoms with Gasteiger partial charge in [-0.1, -0.05) is 30.3 Å². The standard InChI is InChI=1S/C28H24N4O3/c1-17-29-23-9-7-20(14-24(23)30-17)19-8-10-27-22(13-19)16-31(11-12-35-27)28(34)26-15-21-5-3-4-6-25(21)32(26)18(2)33/h3-10,13-15H,11-12,16H2,1-2H3,(H,29,30). The SMILES string of the molecule is CC(=O)n1c(C(=O)N2CCOc3ccc(-c4ccc5nc(C)[nH]c5c4)cc3C2)cc2ccccc21. The van der Waals surface area contributed by atoms with Crippen molar-refractivity contribution >= 4 is 33.8 Å². The molecule has 2 aromatic heterocycles. The number of hydrogen-bond donors (Lipinski definition) is 1. The van der Waals surface area contributed by atoms with Gasteiger partial charge in [-0.2, -0.15) is 0 Å². The lowest BCUT2D eigenvalue weighted by Gasteiger charge is -2.20. The molecule has 0 saturated heterocycles. The minimum Gasteiger partial charge on any atom is -0.491 e. The molecule has 1 aliphatic rings. The Morgan fingerprint density at radius 1 is 1.00 bits per heavy atom. The summed E-state index contributed by atoms with van der Waals surface area (Å²) in [5.41, 5.74) is 6.05. The molecule has 1 N–H and O–H groups in total. The second kappa shape index (κ2) is 8.13. The molecule has 0 radical (unpaired) electrons. The molecular weight excluding hydrogens is 440 g/mol. The van der Waals surface area contributed by atoms with Crippen molar-refractivity contribution in [2.45, 2.75) is 20.4 Å². The predicted molar refractivity (Wildman–Crippen MR) is 135 cm³/mol. The molecule has 7 nitrogen and oxygen atoms in total. The first kappa shape index (κ1) is 21.2. The van der Waals surface area contributed by atoms with E-state index in [1.807, 2.05) is 49.4 Å². The van der Waals surface area contributed by atoms with Crippen molar-refractivity contribution in [3.8, 4) is 16.9 Å². The molecule has 5 aromatic rings. The van der Waals surface area contributed by atoms with Crippen LogP contribution in [0, 0.1) is 6.92 Å². The second-order valence-electron chi connectivity index (χ2n) is 8.89. The van der Waals surface area contributed by atoms with Crippen LogP contribution >= 0.6 is 0 Å². The number of nitrogens with one attached hydrogen (secondary N) is 1. The number of aromatic nitrogens is 3. The Labute approximate surface area is 202 Å². The summed E-state index contributed by atoms with van der Waals surface area (Å²) < 4.78 is 7.48. The number of aryl methyl sites for hydroxylation is 1. The normalized spacial score (nSPS) is 13.5. The monoisotopic (exact) mass is 464 g/mol. The molecule has 35 heavy (non-hydrogen) atoms. The number of rotatable bonds is 2. The molecule has 0 fully saturated rings. The molecule has 0 atom stereocenters. The number of hydrogen-bond acceptors (Lipinski definition) is 4. The minimum atomic E-state index is -0.187. The van der Waals surface area contributed by atoms with Crippen LogP contribution in [0.15, 0.2) is 66.7 Å². The van der Waals surface area contributed by atoms with E-state index in [1.165, 1.54) is 11.5 Å². The van der Waals surface area contributed by atoms with Crippen LogP contribution in [0.1, 0.15) is 33.6 Å². The molecule has 7 heteroatoms. The second-order valence-corrected chi connectivity index (χ2v) is 8.89. The van der Waals surface area contributed by atoms with Gasteiger partial charge in [0, 0.05) is 24.4 Å². The molecule has 6 rings (SSSR count). The van der Waals surface area contributed by atoms with E-state index in [9.17, 15) is 9.59 Å². The molecule has 1 amide bonds. The summed E-state index contributed by atoms with van der Waals surface area (Å²) in [6, 6.07) is 21.6. The number of benzene rings is 3. The van der Waals surface area contributed by atoms with Crippen LogP contribution in [-0.2, 0) is 6.54 Å². The number of para-hydroxylation sites is 1. The Hall–Kier alpha value is -4.39. The summed E-state index contributed by atoms with van der Waals surface area (Å²) in [6.07, 6.45) is 0. The molecule has 174 valence electrons.